The molecule has 0 N–H and O–H groups in total. The highest BCUT2D eigenvalue weighted by molar-refractivity contribution is 7.91. The fourth-order valence-corrected chi connectivity index (χ4v) is 14.9. The molecule has 0 radical (unpaired) electrons. The molecule has 0 saturated heterocycles. The molecular weight excluding hydrogens is 1970 g/mol. The van der Waals surface area contributed by atoms with E-state index in [-0.39, 0.29) is 301 Å². The van der Waals surface area contributed by atoms with Crippen molar-refractivity contribution in [2.75, 3.05) is 242 Å². The topological polar surface area (TPSA) is 622 Å². The highest BCUT2D eigenvalue weighted by atomic mass is 32.2. The lowest BCUT2D eigenvalue weighted by Crippen LogP contribution is -2.43. The van der Waals surface area contributed by atoms with Crippen molar-refractivity contribution < 1.29 is 185 Å². The fourth-order valence-electron chi connectivity index (χ4n) is 13.8. The molecule has 790 valence electrons. The molecule has 0 unspecified atom stereocenters. The van der Waals surface area contributed by atoms with Gasteiger partial charge in [-0.3, -0.25) is 188 Å². The Morgan fingerprint density at radius 1 is 0.163 bits per heavy atom. The average molecular weight is 2080 g/mol. The minimum atomic E-state index is -3.60. The Kier molecular flexibility index (Phi) is 48.4. The minimum Gasteiger partial charge on any atom is -0.383 e. The Balaban J connectivity index is 0.000000229. The summed E-state index contributed by atoms with van der Waals surface area (Å²) < 4.78 is 84.0. The zero-order valence-electron chi connectivity index (χ0n) is 79.9. The van der Waals surface area contributed by atoms with Gasteiger partial charge in [0.05, 0.1) is 175 Å². The van der Waals surface area contributed by atoms with Crippen molar-refractivity contribution in [3.63, 3.8) is 0 Å². The predicted octanol–water partition coefficient (Wildman–Crippen LogP) is -6.28. The third kappa shape index (κ3) is 38.1. The molecule has 26 amide bonds. The van der Waals surface area contributed by atoms with Crippen LogP contribution in [-0.4, -0.2) is 468 Å². The van der Waals surface area contributed by atoms with Gasteiger partial charge in [0.1, 0.15) is 0 Å². The molecule has 13 rings (SSSR count). The zero-order valence-corrected chi connectivity index (χ0v) is 80.8. The summed E-state index contributed by atoms with van der Waals surface area (Å²) >= 11 is 0. The van der Waals surface area contributed by atoms with Gasteiger partial charge in [-0.2, -0.15) is 0 Å². The van der Waals surface area contributed by atoms with Gasteiger partial charge in [-0.1, -0.05) is 0 Å². The van der Waals surface area contributed by atoms with Crippen LogP contribution in [0, 0.1) is 5.41 Å². The number of nitrogens with zero attached hydrogens (tertiary/aromatic N) is 13. The SMILES string of the molecule is COCCN1C(=O)C=CC1=O.O=C1C=CC(=O)N1CCCOCC(COCCCN1C(=O)C=CC1=O)(COCCCN1C(=O)C=CC1=O)COCCCN1C(=O)C=CC1=O.O=C1C=CC(=O)N1CCOCCN1C(=O)C=CC1=O.O=C1C=CC(=O)N1CCOCCOCCN1C(=O)C=CC1=O.O=C1C=CC(=O)N1CCOCCOCCOCCN1C(=O)C=CC1=O.O=C1C=CC(=O)N1CCS(=O)(=O)CCN1C(=O)C=CC1=O. The lowest BCUT2D eigenvalue weighted by Gasteiger charge is -2.33. The summed E-state index contributed by atoms with van der Waals surface area (Å²) in [6.45, 7) is 6.52. The third-order valence-electron chi connectivity index (χ3n) is 21.7. The molecule has 147 heavy (non-hydrogen) atoms. The molecule has 13 heterocycles. The summed E-state index contributed by atoms with van der Waals surface area (Å²) in [4.78, 5) is 311. The molecule has 0 saturated carbocycles. The number of rotatable bonds is 60. The Morgan fingerprint density at radius 3 is 0.435 bits per heavy atom. The van der Waals surface area contributed by atoms with Gasteiger partial charge in [0.15, 0.2) is 9.84 Å². The molecular formula is C94H109N13O39S. The first-order valence-electron chi connectivity index (χ1n) is 45.9. The lowest BCUT2D eigenvalue weighted by atomic mass is 9.92. The van der Waals surface area contributed by atoms with Gasteiger partial charge in [-0.15, -0.1) is 0 Å². The van der Waals surface area contributed by atoms with Crippen LogP contribution < -0.4 is 0 Å². The highest BCUT2D eigenvalue weighted by Gasteiger charge is 2.37. The van der Waals surface area contributed by atoms with Crippen LogP contribution >= 0.6 is 0 Å². The number of carbonyl (C=O) groups excluding carboxylic acids is 26. The number of carbonyl (C=O) groups is 26. The van der Waals surface area contributed by atoms with Crippen molar-refractivity contribution >= 4 is 163 Å². The van der Waals surface area contributed by atoms with Crippen LogP contribution in [0.4, 0.5) is 0 Å². The van der Waals surface area contributed by atoms with Crippen LogP contribution in [0.1, 0.15) is 25.7 Å². The van der Waals surface area contributed by atoms with E-state index < -0.39 is 50.4 Å². The largest absolute Gasteiger partial charge is 0.383 e. The first-order valence-corrected chi connectivity index (χ1v) is 47.7. The molecule has 0 atom stereocenters. The van der Waals surface area contributed by atoms with E-state index in [0.29, 0.717) is 78.5 Å². The first kappa shape index (κ1) is 117. The number of hydrogen-bond donors (Lipinski definition) is 0. The van der Waals surface area contributed by atoms with Gasteiger partial charge in [0.2, 0.25) is 0 Å². The van der Waals surface area contributed by atoms with Gasteiger partial charge >= 0.3 is 0 Å². The van der Waals surface area contributed by atoms with Crippen LogP contribution in [0.25, 0.3) is 0 Å². The summed E-state index contributed by atoms with van der Waals surface area (Å²) in [6.07, 6.45) is 32.7. The van der Waals surface area contributed by atoms with E-state index in [9.17, 15) is 133 Å². The molecule has 0 bridgehead atoms. The van der Waals surface area contributed by atoms with E-state index in [1.165, 1.54) is 141 Å². The molecule has 0 aromatic heterocycles. The smallest absolute Gasteiger partial charge is 0.253 e. The number of methoxy groups -OCH3 is 1. The van der Waals surface area contributed by atoms with Crippen molar-refractivity contribution in [3.05, 3.63) is 158 Å². The van der Waals surface area contributed by atoms with Gasteiger partial charge in [0, 0.05) is 231 Å². The summed E-state index contributed by atoms with van der Waals surface area (Å²) in [5.74, 6) is -10.7. The van der Waals surface area contributed by atoms with Crippen molar-refractivity contribution in [2.24, 2.45) is 5.41 Å². The van der Waals surface area contributed by atoms with E-state index in [4.69, 9.17) is 52.1 Å². The Hall–Kier alpha value is -15.1. The van der Waals surface area contributed by atoms with Gasteiger partial charge in [0.25, 0.3) is 154 Å². The summed E-state index contributed by atoms with van der Waals surface area (Å²) in [5, 5.41) is 0. The molecule has 0 spiro atoms. The highest BCUT2D eigenvalue weighted by Crippen LogP contribution is 2.24. The van der Waals surface area contributed by atoms with E-state index in [1.54, 1.807) is 0 Å². The number of ether oxygens (including phenoxy) is 11. The Bertz CT molecular complexity index is 4920. The van der Waals surface area contributed by atoms with Crippen LogP contribution in [0.15, 0.2) is 158 Å². The number of imide groups is 13. The molecule has 0 aromatic rings. The maximum atomic E-state index is 11.9. The second kappa shape index (κ2) is 60.6. The van der Waals surface area contributed by atoms with Crippen LogP contribution in [-0.2, 0) is 187 Å². The summed E-state index contributed by atoms with van der Waals surface area (Å²) in [7, 11) is -2.07. The number of amides is 26. The molecule has 0 fully saturated rings. The van der Waals surface area contributed by atoms with Crippen molar-refractivity contribution in [1.82, 2.24) is 63.7 Å². The molecule has 0 aromatic carbocycles. The maximum Gasteiger partial charge on any atom is 0.253 e. The molecule has 52 nitrogen and oxygen atoms in total. The maximum absolute atomic E-state index is 11.9. The van der Waals surface area contributed by atoms with Crippen molar-refractivity contribution in [1.29, 1.82) is 0 Å². The van der Waals surface area contributed by atoms with Crippen LogP contribution in [0.5, 0.6) is 0 Å². The van der Waals surface area contributed by atoms with Crippen LogP contribution in [0.3, 0.4) is 0 Å². The normalized spacial score (nSPS) is 17.6. The van der Waals surface area contributed by atoms with E-state index >= 15 is 0 Å². The lowest BCUT2D eigenvalue weighted by molar-refractivity contribution is -0.140. The van der Waals surface area contributed by atoms with Crippen molar-refractivity contribution in [3.8, 4) is 0 Å². The van der Waals surface area contributed by atoms with E-state index in [1.807, 2.05) is 0 Å². The Morgan fingerprint density at radius 2 is 0.286 bits per heavy atom. The molecule has 13 aliphatic rings. The second-order valence-corrected chi connectivity index (χ2v) is 34.3. The van der Waals surface area contributed by atoms with Crippen molar-refractivity contribution in [2.45, 2.75) is 25.7 Å². The van der Waals surface area contributed by atoms with E-state index in [2.05, 4.69) is 0 Å². The monoisotopic (exact) mass is 2080 g/mol. The zero-order chi connectivity index (χ0) is 107. The summed E-state index contributed by atoms with van der Waals surface area (Å²) in [6, 6.07) is 0. The molecule has 53 heteroatoms. The van der Waals surface area contributed by atoms with Gasteiger partial charge in [-0.25, -0.2) is 8.42 Å². The average Bonchev–Trinajstić information content (AvgIpc) is 1.74. The quantitative estimate of drug-likeness (QED) is 0.0404. The van der Waals surface area contributed by atoms with Gasteiger partial charge in [-0.05, 0) is 25.7 Å². The first-order chi connectivity index (χ1) is 70.4. The number of hydrogen-bond acceptors (Lipinski definition) is 39. The van der Waals surface area contributed by atoms with Gasteiger partial charge < -0.3 is 52.1 Å². The third-order valence-corrected chi connectivity index (χ3v) is 23.3. The fraction of sp³-hybridized carbons (Fsp3) is 0.447. The van der Waals surface area contributed by atoms with Crippen LogP contribution in [0.2, 0.25) is 0 Å². The number of sulfone groups is 1. The minimum absolute atomic E-state index is 0.0835. The molecule has 13 aliphatic heterocycles. The molecule has 0 aliphatic carbocycles. The standard InChI is InChI=1S/C33H40N4O12.C16H20N2O7.C14H16N2O6.C12H12N2O6S.C12H12N2O5.C7H9NO3/c38-25-5-6-26(39)34(25)13-1-17-46-21-33(22-47-18-2-14-35-27(40)7-8-28(35)41,23-48-19-3-15-36-29(42)9-10-30(36)43)24-49-20-4-16-37-31(44)11-12-32(37)45;19-13-1-2-14(20)17(13)5-7-23-9-11-25-12-10-24-8-6-18-15(21)3-4-16(18)22;17-11-1-2-12(18)15(11)5-7-21-9-10-22-8-6-16-13(19)3-4-14(16)20;15-9-1-2-10(16)13(9)5-7-21(19,20)8-6-14-11(17)3-4-12(14)18;15-9-1-2-10(16)13(9)5-7-19-8-6-14-11(17)3-4-12(14)18;1-11-5-4-8-6(9)2-3-7(8)10/h5-12H,1-4,13-24H2;1-4H,5-12H2;1-4H,5-10H2;1-4H,5-8H2;1-4H,5-8H2;2-3H,4-5H2,1H3. The summed E-state index contributed by atoms with van der Waals surface area (Å²) in [5.41, 5.74) is -0.886. The van der Waals surface area contributed by atoms with E-state index in [0.717, 1.165) is 88.0 Å². The predicted molar refractivity (Wildman–Crippen MR) is 496 cm³/mol. The second-order valence-electron chi connectivity index (χ2n) is 32.0. The Labute approximate surface area is 840 Å².